The van der Waals surface area contributed by atoms with Crippen LogP contribution in [0, 0.1) is 0 Å². The first kappa shape index (κ1) is 8.71. The third-order valence-electron chi connectivity index (χ3n) is 2.23. The van der Waals surface area contributed by atoms with Gasteiger partial charge in [0.15, 0.2) is 6.04 Å². The number of carboxylic acid groups (broad SMARTS) is 1. The molecule has 0 aliphatic carbocycles. The second-order valence-electron chi connectivity index (χ2n) is 3.04. The van der Waals surface area contributed by atoms with Crippen LogP contribution in [0.4, 0.5) is 0 Å². The highest BCUT2D eigenvalue weighted by molar-refractivity contribution is 6.03. The van der Waals surface area contributed by atoms with E-state index < -0.39 is 17.9 Å². The lowest BCUT2D eigenvalue weighted by atomic mass is 10.1. The van der Waals surface area contributed by atoms with Gasteiger partial charge in [0.05, 0.1) is 0 Å². The molecule has 0 radical (unpaired) electrons. The summed E-state index contributed by atoms with van der Waals surface area (Å²) in [5.41, 5.74) is 0.815. The second kappa shape index (κ2) is 2.81. The Morgan fingerprint density at radius 2 is 2.07 bits per heavy atom. The molecule has 1 atom stereocenters. The maximum absolute atomic E-state index is 11.4. The largest absolute Gasteiger partial charge is 0.479 e. The number of aliphatic carboxylic acids is 1. The van der Waals surface area contributed by atoms with Gasteiger partial charge >= 0.3 is 5.97 Å². The maximum atomic E-state index is 11.4. The molecule has 5 heteroatoms. The molecule has 0 fully saturated rings. The first-order valence-electron chi connectivity index (χ1n) is 4.03. The first-order valence-corrected chi connectivity index (χ1v) is 4.03. The van der Waals surface area contributed by atoms with Gasteiger partial charge in [-0.1, -0.05) is 18.2 Å². The van der Waals surface area contributed by atoms with Crippen molar-refractivity contribution in [1.29, 1.82) is 0 Å². The number of hydrogen-bond donors (Lipinski definition) is 2. The van der Waals surface area contributed by atoms with E-state index in [0.29, 0.717) is 11.1 Å². The molecule has 1 amide bonds. The fraction of sp³-hybridized carbons (Fsp3) is 0.111. The molecule has 1 aromatic carbocycles. The summed E-state index contributed by atoms with van der Waals surface area (Å²) >= 11 is 0. The number of carboxylic acids is 1. The average Bonchev–Trinajstić information content (AvgIpc) is 2.41. The minimum atomic E-state index is -1.12. The molecule has 0 saturated carbocycles. The Morgan fingerprint density at radius 1 is 1.43 bits per heavy atom. The van der Waals surface area contributed by atoms with E-state index in [9.17, 15) is 9.59 Å². The number of fused-ring (bicyclic) bond motifs is 1. The second-order valence-corrected chi connectivity index (χ2v) is 3.04. The molecular weight excluding hydrogens is 184 g/mol. The van der Waals surface area contributed by atoms with E-state index in [1.807, 2.05) is 0 Å². The topological polar surface area (TPSA) is 83.6 Å². The summed E-state index contributed by atoms with van der Waals surface area (Å²) in [4.78, 5) is 22.3. The Balaban J connectivity index is 2.59. The van der Waals surface area contributed by atoms with E-state index in [1.165, 1.54) is 0 Å². The summed E-state index contributed by atoms with van der Waals surface area (Å²) < 4.78 is 0. The van der Waals surface area contributed by atoms with Crippen LogP contribution in [0.2, 0.25) is 0 Å². The molecular formula is C9H8N2O3. The molecule has 72 valence electrons. The third kappa shape index (κ3) is 0.993. The smallest absolute Gasteiger partial charge is 0.332 e. The summed E-state index contributed by atoms with van der Waals surface area (Å²) in [5, 5.41) is 9.62. The predicted octanol–water partition coefficient (Wildman–Crippen LogP) is 0.142. The summed E-state index contributed by atoms with van der Waals surface area (Å²) in [6.45, 7) is 0. The van der Waals surface area contributed by atoms with Gasteiger partial charge in [-0.25, -0.2) is 10.6 Å². The van der Waals surface area contributed by atoms with Gasteiger partial charge in [-0.3, -0.25) is 9.80 Å². The van der Waals surface area contributed by atoms with Gasteiger partial charge in [0.25, 0.3) is 5.91 Å². The highest BCUT2D eigenvalue weighted by Gasteiger charge is 2.39. The molecule has 1 heterocycles. The van der Waals surface area contributed by atoms with Gasteiger partial charge in [-0.05, 0) is 6.07 Å². The number of rotatable bonds is 1. The minimum absolute atomic E-state index is 0.363. The lowest BCUT2D eigenvalue weighted by Gasteiger charge is -2.14. The molecule has 0 aromatic heterocycles. The minimum Gasteiger partial charge on any atom is -0.479 e. The number of hydrazine groups is 1. The number of benzene rings is 1. The maximum Gasteiger partial charge on any atom is 0.332 e. The van der Waals surface area contributed by atoms with Crippen LogP contribution in [0.15, 0.2) is 24.3 Å². The fourth-order valence-corrected chi connectivity index (χ4v) is 1.59. The molecule has 0 saturated heterocycles. The van der Waals surface area contributed by atoms with Crippen molar-refractivity contribution in [2.24, 2.45) is 5.84 Å². The van der Waals surface area contributed by atoms with Crippen LogP contribution < -0.4 is 5.84 Å². The van der Waals surface area contributed by atoms with E-state index in [4.69, 9.17) is 10.9 Å². The van der Waals surface area contributed by atoms with E-state index in [-0.39, 0.29) is 0 Å². The van der Waals surface area contributed by atoms with Crippen molar-refractivity contribution in [3.63, 3.8) is 0 Å². The molecule has 0 spiro atoms. The van der Waals surface area contributed by atoms with Crippen LogP contribution in [-0.4, -0.2) is 22.0 Å². The van der Waals surface area contributed by atoms with E-state index in [1.54, 1.807) is 24.3 Å². The van der Waals surface area contributed by atoms with Crippen molar-refractivity contribution >= 4 is 11.9 Å². The molecule has 2 rings (SSSR count). The summed E-state index contributed by atoms with van der Waals surface area (Å²) in [6.07, 6.45) is 0. The third-order valence-corrected chi connectivity index (χ3v) is 2.23. The van der Waals surface area contributed by atoms with Crippen molar-refractivity contribution in [2.45, 2.75) is 6.04 Å². The van der Waals surface area contributed by atoms with Crippen LogP contribution in [0.3, 0.4) is 0 Å². The van der Waals surface area contributed by atoms with Crippen LogP contribution in [0.1, 0.15) is 22.0 Å². The van der Waals surface area contributed by atoms with Gasteiger partial charge in [0, 0.05) is 11.1 Å². The summed E-state index contributed by atoms with van der Waals surface area (Å²) in [5.74, 6) is 3.81. The molecule has 1 aliphatic rings. The van der Waals surface area contributed by atoms with Gasteiger partial charge < -0.3 is 5.11 Å². The van der Waals surface area contributed by atoms with Gasteiger partial charge in [-0.15, -0.1) is 0 Å². The zero-order valence-corrected chi connectivity index (χ0v) is 7.18. The quantitative estimate of drug-likeness (QED) is 0.489. The summed E-state index contributed by atoms with van der Waals surface area (Å²) in [7, 11) is 0. The number of amides is 1. The standard InChI is InChI=1S/C9H8N2O3/c10-11-7(9(13)14)5-3-1-2-4-6(5)8(11)12/h1-4,7H,10H2,(H,13,14). The molecule has 1 aliphatic heterocycles. The van der Waals surface area contributed by atoms with Crippen LogP contribution in [-0.2, 0) is 4.79 Å². The highest BCUT2D eigenvalue weighted by Crippen LogP contribution is 2.30. The SMILES string of the molecule is NN1C(=O)c2ccccc2C1C(=O)O. The van der Waals surface area contributed by atoms with Gasteiger partial charge in [-0.2, -0.15) is 0 Å². The molecule has 14 heavy (non-hydrogen) atoms. The first-order chi connectivity index (χ1) is 6.63. The Hall–Kier alpha value is -1.88. The zero-order valence-electron chi connectivity index (χ0n) is 7.18. The van der Waals surface area contributed by atoms with Gasteiger partial charge in [0.1, 0.15) is 0 Å². The number of nitrogens with two attached hydrogens (primary N) is 1. The lowest BCUT2D eigenvalue weighted by Crippen LogP contribution is -2.38. The Labute approximate surface area is 79.7 Å². The molecule has 1 unspecified atom stereocenters. The van der Waals surface area contributed by atoms with Gasteiger partial charge in [0.2, 0.25) is 0 Å². The van der Waals surface area contributed by atoms with Crippen LogP contribution in [0.25, 0.3) is 0 Å². The molecule has 0 bridgehead atoms. The Bertz CT molecular complexity index is 416. The summed E-state index contributed by atoms with van der Waals surface area (Å²) in [6, 6.07) is 5.47. The van der Waals surface area contributed by atoms with Crippen molar-refractivity contribution in [2.75, 3.05) is 0 Å². The van der Waals surface area contributed by atoms with Crippen LogP contribution >= 0.6 is 0 Å². The highest BCUT2D eigenvalue weighted by atomic mass is 16.4. The zero-order chi connectivity index (χ0) is 10.3. The lowest BCUT2D eigenvalue weighted by molar-refractivity contribution is -0.142. The monoisotopic (exact) mass is 192 g/mol. The average molecular weight is 192 g/mol. The number of carbonyl (C=O) groups excluding carboxylic acids is 1. The van der Waals surface area contributed by atoms with Crippen molar-refractivity contribution in [3.8, 4) is 0 Å². The Morgan fingerprint density at radius 3 is 2.71 bits per heavy atom. The number of hydrogen-bond acceptors (Lipinski definition) is 3. The van der Waals surface area contributed by atoms with E-state index in [2.05, 4.69) is 0 Å². The van der Waals surface area contributed by atoms with Crippen LogP contribution in [0.5, 0.6) is 0 Å². The molecule has 3 N–H and O–H groups in total. The number of nitrogens with zero attached hydrogens (tertiary/aromatic N) is 1. The number of carbonyl (C=O) groups is 2. The predicted molar refractivity (Wildman–Crippen MR) is 47.2 cm³/mol. The normalized spacial score (nSPS) is 19.6. The molecule has 5 nitrogen and oxygen atoms in total. The van der Waals surface area contributed by atoms with E-state index >= 15 is 0 Å². The Kier molecular flexibility index (Phi) is 1.75. The fourth-order valence-electron chi connectivity index (χ4n) is 1.59. The van der Waals surface area contributed by atoms with E-state index in [0.717, 1.165) is 5.01 Å². The van der Waals surface area contributed by atoms with Crippen molar-refractivity contribution in [3.05, 3.63) is 35.4 Å². The van der Waals surface area contributed by atoms with Crippen molar-refractivity contribution in [1.82, 2.24) is 5.01 Å². The van der Waals surface area contributed by atoms with Crippen molar-refractivity contribution < 1.29 is 14.7 Å². The molecule has 1 aromatic rings.